The van der Waals surface area contributed by atoms with Crippen LogP contribution in [0.15, 0.2) is 29.3 Å². The summed E-state index contributed by atoms with van der Waals surface area (Å²) >= 11 is 1.76. The number of benzene rings is 1. The molecule has 0 unspecified atom stereocenters. The van der Waals surface area contributed by atoms with Crippen LogP contribution in [0.4, 0.5) is 0 Å². The van der Waals surface area contributed by atoms with Crippen LogP contribution in [0.25, 0.3) is 10.9 Å². The van der Waals surface area contributed by atoms with Crippen LogP contribution >= 0.6 is 11.8 Å². The molecule has 2 rings (SSSR count). The second-order valence-corrected chi connectivity index (χ2v) is 4.75. The van der Waals surface area contributed by atoms with Gasteiger partial charge in [0.25, 0.3) is 0 Å². The molecule has 0 bridgehead atoms. The lowest BCUT2D eigenvalue weighted by molar-refractivity contribution is 0.250. The summed E-state index contributed by atoms with van der Waals surface area (Å²) in [4.78, 5) is 1.20. The van der Waals surface area contributed by atoms with E-state index in [0.29, 0.717) is 5.92 Å². The third kappa shape index (κ3) is 2.33. The minimum Gasteiger partial charge on any atom is -0.396 e. The summed E-state index contributed by atoms with van der Waals surface area (Å²) in [5.74, 6) is 1.25. The van der Waals surface area contributed by atoms with Gasteiger partial charge in [0.2, 0.25) is 0 Å². The van der Waals surface area contributed by atoms with Gasteiger partial charge in [0, 0.05) is 22.6 Å². The number of hydrogen-bond acceptors (Lipinski definition) is 3. The van der Waals surface area contributed by atoms with Crippen LogP contribution in [0.3, 0.4) is 0 Å². The largest absolute Gasteiger partial charge is 0.396 e. The van der Waals surface area contributed by atoms with E-state index in [9.17, 15) is 0 Å². The molecule has 0 aliphatic carbocycles. The summed E-state index contributed by atoms with van der Waals surface area (Å²) < 4.78 is 0. The van der Waals surface area contributed by atoms with E-state index in [0.717, 1.165) is 16.7 Å². The number of aromatic amines is 1. The average molecular weight is 222 g/mol. The van der Waals surface area contributed by atoms with Crippen LogP contribution in [-0.4, -0.2) is 27.7 Å². The van der Waals surface area contributed by atoms with Gasteiger partial charge < -0.3 is 5.11 Å². The summed E-state index contributed by atoms with van der Waals surface area (Å²) in [6.45, 7) is 2.28. The number of para-hydroxylation sites is 1. The zero-order valence-electron chi connectivity index (χ0n) is 8.60. The Morgan fingerprint density at radius 3 is 3.20 bits per heavy atom. The first-order chi connectivity index (χ1) is 7.31. The first-order valence-electron chi connectivity index (χ1n) is 4.97. The first-order valence-corrected chi connectivity index (χ1v) is 5.95. The zero-order chi connectivity index (χ0) is 10.7. The molecule has 2 N–H and O–H groups in total. The Bertz CT molecular complexity index is 441. The minimum absolute atomic E-state index is 0.242. The standard InChI is InChI=1S/C11H14N2OS/c1-8(6-14)7-15-10-4-2-3-9-5-12-13-11(9)10/h2-5,8,14H,6-7H2,1H3,(H,12,13)/t8-/m0/s1. The fourth-order valence-electron chi connectivity index (χ4n) is 1.35. The molecule has 1 heterocycles. The van der Waals surface area contributed by atoms with E-state index in [4.69, 9.17) is 5.11 Å². The van der Waals surface area contributed by atoms with Crippen molar-refractivity contribution in [3.8, 4) is 0 Å². The summed E-state index contributed by atoms with van der Waals surface area (Å²) in [5, 5.41) is 17.1. The lowest BCUT2D eigenvalue weighted by atomic mass is 10.2. The van der Waals surface area contributed by atoms with E-state index in [1.807, 2.05) is 25.3 Å². The van der Waals surface area contributed by atoms with Crippen molar-refractivity contribution in [1.82, 2.24) is 10.2 Å². The Morgan fingerprint density at radius 1 is 1.53 bits per heavy atom. The van der Waals surface area contributed by atoms with Crippen molar-refractivity contribution in [3.05, 3.63) is 24.4 Å². The fourth-order valence-corrected chi connectivity index (χ4v) is 2.40. The number of aliphatic hydroxyl groups is 1. The van der Waals surface area contributed by atoms with Gasteiger partial charge >= 0.3 is 0 Å². The molecule has 1 aromatic carbocycles. The predicted octanol–water partition coefficient (Wildman–Crippen LogP) is 2.28. The molecule has 0 saturated heterocycles. The third-order valence-corrected chi connectivity index (χ3v) is 3.66. The summed E-state index contributed by atoms with van der Waals surface area (Å²) in [6, 6.07) is 6.15. The maximum absolute atomic E-state index is 8.95. The van der Waals surface area contributed by atoms with Gasteiger partial charge in [-0.2, -0.15) is 5.10 Å². The minimum atomic E-state index is 0.242. The highest BCUT2D eigenvalue weighted by molar-refractivity contribution is 7.99. The van der Waals surface area contributed by atoms with E-state index in [-0.39, 0.29) is 6.61 Å². The van der Waals surface area contributed by atoms with Crippen molar-refractivity contribution in [2.75, 3.05) is 12.4 Å². The molecule has 0 aliphatic heterocycles. The average Bonchev–Trinajstić information content (AvgIpc) is 2.74. The Labute approximate surface area is 92.9 Å². The third-order valence-electron chi connectivity index (χ3n) is 2.27. The van der Waals surface area contributed by atoms with Crippen molar-refractivity contribution in [3.63, 3.8) is 0 Å². The highest BCUT2D eigenvalue weighted by Gasteiger charge is 2.05. The van der Waals surface area contributed by atoms with Gasteiger partial charge in [0.05, 0.1) is 11.7 Å². The summed E-state index contributed by atoms with van der Waals surface area (Å²) in [7, 11) is 0. The van der Waals surface area contributed by atoms with Gasteiger partial charge in [0.15, 0.2) is 0 Å². The van der Waals surface area contributed by atoms with Crippen LogP contribution in [-0.2, 0) is 0 Å². The molecule has 0 amide bonds. The molecule has 0 saturated carbocycles. The molecule has 80 valence electrons. The quantitative estimate of drug-likeness (QED) is 0.780. The number of nitrogens with zero attached hydrogens (tertiary/aromatic N) is 1. The smallest absolute Gasteiger partial charge is 0.0786 e. The summed E-state index contributed by atoms with van der Waals surface area (Å²) in [6.07, 6.45) is 1.83. The van der Waals surface area contributed by atoms with E-state index < -0.39 is 0 Å². The maximum atomic E-state index is 8.95. The lowest BCUT2D eigenvalue weighted by Crippen LogP contribution is -2.03. The molecular weight excluding hydrogens is 208 g/mol. The second kappa shape index (κ2) is 4.68. The number of aromatic nitrogens is 2. The Kier molecular flexibility index (Phi) is 3.28. The molecule has 0 aliphatic rings. The molecule has 1 aromatic heterocycles. The van der Waals surface area contributed by atoms with Crippen molar-refractivity contribution < 1.29 is 5.11 Å². The van der Waals surface area contributed by atoms with Crippen LogP contribution in [0.2, 0.25) is 0 Å². The highest BCUT2D eigenvalue weighted by Crippen LogP contribution is 2.27. The Morgan fingerprint density at radius 2 is 2.40 bits per heavy atom. The van der Waals surface area contributed by atoms with Gasteiger partial charge in [-0.15, -0.1) is 11.8 Å². The Balaban J connectivity index is 2.17. The molecule has 4 heteroatoms. The van der Waals surface area contributed by atoms with E-state index in [1.54, 1.807) is 11.8 Å². The van der Waals surface area contributed by atoms with Crippen molar-refractivity contribution >= 4 is 22.7 Å². The number of thioether (sulfide) groups is 1. The zero-order valence-corrected chi connectivity index (χ0v) is 9.42. The number of rotatable bonds is 4. The lowest BCUT2D eigenvalue weighted by Gasteiger charge is -2.07. The number of nitrogens with one attached hydrogen (secondary N) is 1. The predicted molar refractivity (Wildman–Crippen MR) is 63.1 cm³/mol. The van der Waals surface area contributed by atoms with Gasteiger partial charge in [0.1, 0.15) is 0 Å². The van der Waals surface area contributed by atoms with Crippen molar-refractivity contribution in [2.45, 2.75) is 11.8 Å². The maximum Gasteiger partial charge on any atom is 0.0786 e. The number of hydrogen-bond donors (Lipinski definition) is 2. The summed E-state index contributed by atoms with van der Waals surface area (Å²) in [5.41, 5.74) is 1.09. The van der Waals surface area contributed by atoms with Gasteiger partial charge in [-0.1, -0.05) is 19.1 Å². The van der Waals surface area contributed by atoms with E-state index in [1.165, 1.54) is 4.90 Å². The number of aliphatic hydroxyl groups excluding tert-OH is 1. The van der Waals surface area contributed by atoms with Gasteiger partial charge in [-0.25, -0.2) is 0 Å². The molecule has 3 nitrogen and oxygen atoms in total. The van der Waals surface area contributed by atoms with Crippen molar-refractivity contribution in [2.24, 2.45) is 5.92 Å². The van der Waals surface area contributed by atoms with Crippen LogP contribution in [0.5, 0.6) is 0 Å². The fraction of sp³-hybridized carbons (Fsp3) is 0.364. The molecule has 15 heavy (non-hydrogen) atoms. The normalized spacial score (nSPS) is 13.2. The van der Waals surface area contributed by atoms with Gasteiger partial charge in [-0.3, -0.25) is 5.10 Å². The number of H-pyrrole nitrogens is 1. The molecule has 1 atom stereocenters. The van der Waals surface area contributed by atoms with Crippen LogP contribution in [0.1, 0.15) is 6.92 Å². The van der Waals surface area contributed by atoms with Crippen molar-refractivity contribution in [1.29, 1.82) is 0 Å². The van der Waals surface area contributed by atoms with Crippen LogP contribution in [0, 0.1) is 5.92 Å². The van der Waals surface area contributed by atoms with Gasteiger partial charge in [-0.05, 0) is 12.0 Å². The molecule has 0 fully saturated rings. The topological polar surface area (TPSA) is 48.9 Å². The highest BCUT2D eigenvalue weighted by atomic mass is 32.2. The molecule has 2 aromatic rings. The molecule has 0 radical (unpaired) electrons. The van der Waals surface area contributed by atoms with Crippen LogP contribution < -0.4 is 0 Å². The second-order valence-electron chi connectivity index (χ2n) is 3.69. The molecule has 0 spiro atoms. The SMILES string of the molecule is C[C@@H](CO)CSc1cccc2cn[nH]c12. The first kappa shape index (κ1) is 10.5. The number of fused-ring (bicyclic) bond motifs is 1. The molecular formula is C11H14N2OS. The monoisotopic (exact) mass is 222 g/mol. The van der Waals surface area contributed by atoms with E-state index in [2.05, 4.69) is 16.3 Å². The Hall–Kier alpha value is -1.00. The van der Waals surface area contributed by atoms with E-state index >= 15 is 0 Å².